The van der Waals surface area contributed by atoms with Crippen molar-refractivity contribution in [1.29, 1.82) is 5.26 Å². The quantitative estimate of drug-likeness (QED) is 0.479. The number of alkyl halides is 2. The summed E-state index contributed by atoms with van der Waals surface area (Å²) in [5.41, 5.74) is 1.24. The van der Waals surface area contributed by atoms with Gasteiger partial charge in [-0.2, -0.15) is 5.26 Å². The number of aromatic nitrogens is 1. The van der Waals surface area contributed by atoms with Gasteiger partial charge in [0, 0.05) is 29.9 Å². The van der Waals surface area contributed by atoms with Gasteiger partial charge in [0.25, 0.3) is 0 Å². The molecular formula is C22H26F2N2O4. The van der Waals surface area contributed by atoms with Crippen molar-refractivity contribution < 1.29 is 28.2 Å². The van der Waals surface area contributed by atoms with Gasteiger partial charge in [-0.15, -0.1) is 8.78 Å². The third-order valence-electron chi connectivity index (χ3n) is 4.58. The van der Waals surface area contributed by atoms with Gasteiger partial charge < -0.3 is 19.6 Å². The minimum Gasteiger partial charge on any atom is -0.481 e. The fraction of sp³-hybridized carbons (Fsp3) is 0.455. The molecular weight excluding hydrogens is 394 g/mol. The van der Waals surface area contributed by atoms with Crippen molar-refractivity contribution in [2.75, 3.05) is 0 Å². The van der Waals surface area contributed by atoms with Crippen LogP contribution in [0.3, 0.4) is 0 Å². The third kappa shape index (κ3) is 6.76. The molecule has 0 spiro atoms. The van der Waals surface area contributed by atoms with Crippen LogP contribution in [0.25, 0.3) is 11.1 Å². The molecule has 2 heterocycles. The van der Waals surface area contributed by atoms with Crippen molar-refractivity contribution in [3.05, 3.63) is 36.2 Å². The summed E-state index contributed by atoms with van der Waals surface area (Å²) in [5, 5.41) is 17.3. The number of rotatable bonds is 9. The number of hydrogen-bond acceptors (Lipinski definition) is 4. The lowest BCUT2D eigenvalue weighted by Crippen LogP contribution is -2.26. The SMILES string of the molecule is CCCCCCCCCC(=O)O.N#Cc1c[nH]cc1-c1cccc2c1OC(F)(F)O2. The first-order valence-electron chi connectivity index (χ1n) is 10.1. The lowest BCUT2D eigenvalue weighted by Gasteiger charge is -2.06. The van der Waals surface area contributed by atoms with E-state index in [9.17, 15) is 13.6 Å². The maximum atomic E-state index is 13.0. The smallest absolute Gasteiger partial charge is 0.481 e. The molecule has 6 nitrogen and oxygen atoms in total. The number of carboxylic acid groups (broad SMARTS) is 1. The first-order valence-corrected chi connectivity index (χ1v) is 10.1. The van der Waals surface area contributed by atoms with Gasteiger partial charge in [-0.05, 0) is 12.5 Å². The number of aliphatic carboxylic acids is 1. The molecule has 0 radical (unpaired) electrons. The molecule has 162 valence electrons. The Morgan fingerprint density at radius 2 is 1.80 bits per heavy atom. The van der Waals surface area contributed by atoms with Crippen molar-refractivity contribution in [2.24, 2.45) is 0 Å². The second kappa shape index (κ2) is 11.2. The van der Waals surface area contributed by atoms with Crippen LogP contribution in [-0.4, -0.2) is 22.4 Å². The molecule has 30 heavy (non-hydrogen) atoms. The Morgan fingerprint density at radius 3 is 2.47 bits per heavy atom. The number of carbonyl (C=O) groups is 1. The number of nitrogens with one attached hydrogen (secondary N) is 1. The largest absolute Gasteiger partial charge is 0.586 e. The summed E-state index contributed by atoms with van der Waals surface area (Å²) in [5.74, 6) is -0.759. The lowest BCUT2D eigenvalue weighted by molar-refractivity contribution is -0.286. The van der Waals surface area contributed by atoms with Crippen molar-refractivity contribution in [3.63, 3.8) is 0 Å². The molecule has 1 aromatic heterocycles. The number of benzene rings is 1. The molecule has 1 aromatic carbocycles. The molecule has 0 saturated carbocycles. The van der Waals surface area contributed by atoms with Gasteiger partial charge in [0.05, 0.1) is 5.56 Å². The predicted molar refractivity (Wildman–Crippen MR) is 107 cm³/mol. The molecule has 0 fully saturated rings. The predicted octanol–water partition coefficient (Wildman–Crippen LogP) is 6.09. The molecule has 0 amide bonds. The normalized spacial score (nSPS) is 13.3. The monoisotopic (exact) mass is 420 g/mol. The number of H-pyrrole nitrogens is 1. The minimum absolute atomic E-state index is 0.0393. The molecule has 2 aromatic rings. The third-order valence-corrected chi connectivity index (χ3v) is 4.58. The van der Waals surface area contributed by atoms with E-state index >= 15 is 0 Å². The zero-order chi connectivity index (χ0) is 22.0. The molecule has 0 bridgehead atoms. The van der Waals surface area contributed by atoms with Crippen LogP contribution in [0.1, 0.15) is 63.9 Å². The Labute approximate surface area is 174 Å². The van der Waals surface area contributed by atoms with Gasteiger partial charge in [0.1, 0.15) is 6.07 Å². The van der Waals surface area contributed by atoms with Gasteiger partial charge in [-0.25, -0.2) is 0 Å². The van der Waals surface area contributed by atoms with E-state index in [-0.39, 0.29) is 11.5 Å². The van der Waals surface area contributed by atoms with Crippen molar-refractivity contribution in [3.8, 4) is 28.7 Å². The molecule has 0 aliphatic carbocycles. The van der Waals surface area contributed by atoms with Crippen LogP contribution in [-0.2, 0) is 4.79 Å². The Morgan fingerprint density at radius 1 is 1.10 bits per heavy atom. The van der Waals surface area contributed by atoms with Gasteiger partial charge >= 0.3 is 12.3 Å². The van der Waals surface area contributed by atoms with Gasteiger partial charge in [-0.1, -0.05) is 57.6 Å². The summed E-state index contributed by atoms with van der Waals surface area (Å²) in [6.45, 7) is 2.20. The molecule has 1 aliphatic heterocycles. The number of carboxylic acids is 1. The Bertz CT molecular complexity index is 874. The number of para-hydroxylation sites is 1. The summed E-state index contributed by atoms with van der Waals surface area (Å²) in [6, 6.07) is 6.51. The number of ether oxygens (including phenoxy) is 2. The fourth-order valence-corrected chi connectivity index (χ4v) is 3.09. The van der Waals surface area contributed by atoms with E-state index < -0.39 is 12.3 Å². The first-order chi connectivity index (χ1) is 14.4. The highest BCUT2D eigenvalue weighted by molar-refractivity contribution is 5.78. The maximum absolute atomic E-state index is 13.0. The highest BCUT2D eigenvalue weighted by atomic mass is 19.3. The van der Waals surface area contributed by atoms with E-state index in [1.807, 2.05) is 6.07 Å². The van der Waals surface area contributed by atoms with Crippen LogP contribution < -0.4 is 9.47 Å². The number of nitriles is 1. The zero-order valence-corrected chi connectivity index (χ0v) is 16.9. The number of fused-ring (bicyclic) bond motifs is 1. The van der Waals surface area contributed by atoms with Crippen LogP contribution in [0.2, 0.25) is 0 Å². The minimum atomic E-state index is -3.67. The second-order valence-electron chi connectivity index (χ2n) is 6.96. The van der Waals surface area contributed by atoms with Crippen LogP contribution in [0, 0.1) is 11.3 Å². The molecule has 0 unspecified atom stereocenters. The van der Waals surface area contributed by atoms with E-state index in [1.165, 1.54) is 44.4 Å². The highest BCUT2D eigenvalue weighted by Crippen LogP contribution is 2.47. The van der Waals surface area contributed by atoms with E-state index in [4.69, 9.17) is 10.4 Å². The molecule has 1 aliphatic rings. The van der Waals surface area contributed by atoms with Crippen molar-refractivity contribution in [1.82, 2.24) is 4.98 Å². The average Bonchev–Trinajstić information content (AvgIpc) is 3.29. The van der Waals surface area contributed by atoms with E-state index in [2.05, 4.69) is 21.4 Å². The van der Waals surface area contributed by atoms with Crippen molar-refractivity contribution >= 4 is 5.97 Å². The Hall–Kier alpha value is -3.08. The van der Waals surface area contributed by atoms with Gasteiger partial charge in [0.2, 0.25) is 0 Å². The van der Waals surface area contributed by atoms with E-state index in [0.717, 1.165) is 12.8 Å². The maximum Gasteiger partial charge on any atom is 0.586 e. The molecule has 8 heteroatoms. The average molecular weight is 420 g/mol. The Balaban J connectivity index is 0.000000235. The van der Waals surface area contributed by atoms with Crippen LogP contribution in [0.4, 0.5) is 8.78 Å². The van der Waals surface area contributed by atoms with Crippen LogP contribution in [0.15, 0.2) is 30.6 Å². The first kappa shape index (κ1) is 23.2. The van der Waals surface area contributed by atoms with Crippen LogP contribution in [0.5, 0.6) is 11.5 Å². The number of hydrogen-bond donors (Lipinski definition) is 2. The van der Waals surface area contributed by atoms with E-state index in [1.54, 1.807) is 18.3 Å². The molecule has 0 saturated heterocycles. The summed E-state index contributed by atoms with van der Waals surface area (Å²) < 4.78 is 34.9. The second-order valence-corrected chi connectivity index (χ2v) is 6.96. The number of unbranched alkanes of at least 4 members (excludes halogenated alkanes) is 6. The summed E-state index contributed by atoms with van der Waals surface area (Å²) in [4.78, 5) is 12.9. The molecule has 0 atom stereocenters. The van der Waals surface area contributed by atoms with Gasteiger partial charge in [-0.3, -0.25) is 4.79 Å². The number of aromatic amines is 1. The topological polar surface area (TPSA) is 95.3 Å². The Kier molecular flexibility index (Phi) is 8.66. The summed E-state index contributed by atoms with van der Waals surface area (Å²) in [7, 11) is 0. The molecule has 3 rings (SSSR count). The number of nitrogens with zero attached hydrogens (tertiary/aromatic N) is 1. The van der Waals surface area contributed by atoms with Crippen molar-refractivity contribution in [2.45, 2.75) is 64.6 Å². The standard InChI is InChI=1S/C12H6F2N2O2.C10H20O2/c13-12(14)17-10-3-1-2-8(11(10)18-12)9-6-16-5-7(9)4-15;1-2-3-4-5-6-7-8-9-10(11)12/h1-3,5-6,16H;2-9H2,1H3,(H,11,12). The fourth-order valence-electron chi connectivity index (χ4n) is 3.09. The lowest BCUT2D eigenvalue weighted by atomic mass is 10.0. The summed E-state index contributed by atoms with van der Waals surface area (Å²) >= 11 is 0. The zero-order valence-electron chi connectivity index (χ0n) is 16.9. The van der Waals surface area contributed by atoms with E-state index in [0.29, 0.717) is 23.1 Å². The number of halogens is 2. The highest BCUT2D eigenvalue weighted by Gasteiger charge is 2.44. The molecule has 2 N–H and O–H groups in total. The van der Waals surface area contributed by atoms with Gasteiger partial charge in [0.15, 0.2) is 11.5 Å². The van der Waals surface area contributed by atoms with Crippen LogP contribution >= 0.6 is 0 Å². The summed E-state index contributed by atoms with van der Waals surface area (Å²) in [6.07, 6.45) is 8.02.